The van der Waals surface area contributed by atoms with Crippen molar-refractivity contribution in [3.05, 3.63) is 6.33 Å². The molecule has 2 aliphatic heterocycles. The number of fused-ring (bicyclic) bond motifs is 1. The maximum atomic E-state index is 12.2. The Kier molecular flexibility index (Phi) is 5.43. The van der Waals surface area contributed by atoms with Crippen LogP contribution in [0.2, 0.25) is 0 Å². The third-order valence-electron chi connectivity index (χ3n) is 3.70. The Bertz CT molecular complexity index is 744. The van der Waals surface area contributed by atoms with Gasteiger partial charge in [0.2, 0.25) is 5.91 Å². The number of amides is 2. The standard InChI is InChI=1S/C10H13N5O5S2.Na.H/c1-13-5-11-12-10(13)21-4-7(16)14-3-2-6-8(14)9(17)15(6)22(18,19)20;;/h5-6,8H,2-4H2,1H3,(H,18,19,20);;/q;+1;-1/t6-,8+;;/m1../s1. The smallest absolute Gasteiger partial charge is 1.00 e. The van der Waals surface area contributed by atoms with E-state index in [2.05, 4.69) is 10.2 Å². The van der Waals surface area contributed by atoms with E-state index >= 15 is 0 Å². The summed E-state index contributed by atoms with van der Waals surface area (Å²) in [7, 11) is -2.80. The Balaban J connectivity index is 0.00000144. The molecule has 1 aromatic heterocycles. The molecule has 0 aromatic carbocycles. The first kappa shape index (κ1) is 18.7. The molecule has 122 valence electrons. The average Bonchev–Trinajstić information content (AvgIpc) is 2.98. The van der Waals surface area contributed by atoms with Gasteiger partial charge in [0.1, 0.15) is 12.4 Å². The normalized spacial score (nSPS) is 23.3. The molecule has 0 radical (unpaired) electrons. The SMILES string of the molecule is Cn1cnnc1SCC(=O)N1CC[C@@H]2[C@H]1C(=O)N2S(=O)(=O)O.[H-].[Na+]. The molecule has 1 aromatic rings. The predicted octanol–water partition coefficient (Wildman–Crippen LogP) is -4.36. The number of hydrogen-bond donors (Lipinski definition) is 1. The molecule has 2 aliphatic rings. The number of aryl methyl sites for hydroxylation is 1. The Labute approximate surface area is 160 Å². The van der Waals surface area contributed by atoms with Gasteiger partial charge in [0.15, 0.2) is 5.16 Å². The first-order chi connectivity index (χ1) is 10.3. The van der Waals surface area contributed by atoms with Crippen molar-refractivity contribution in [2.24, 2.45) is 7.05 Å². The summed E-state index contributed by atoms with van der Waals surface area (Å²) < 4.78 is 33.3. The van der Waals surface area contributed by atoms with Crippen LogP contribution in [0, 0.1) is 0 Å². The third-order valence-corrected chi connectivity index (χ3v) is 5.67. The Hall–Kier alpha value is -0.660. The van der Waals surface area contributed by atoms with Crippen molar-refractivity contribution < 1.29 is 53.5 Å². The van der Waals surface area contributed by atoms with Crippen molar-refractivity contribution in [1.82, 2.24) is 24.0 Å². The van der Waals surface area contributed by atoms with Crippen LogP contribution in [0.15, 0.2) is 11.5 Å². The van der Waals surface area contributed by atoms with E-state index in [1.165, 1.54) is 23.0 Å². The molecule has 1 N–H and O–H groups in total. The number of β-lactam (4-membered cyclic amide) rings is 1. The van der Waals surface area contributed by atoms with Crippen LogP contribution in [-0.4, -0.2) is 73.1 Å². The zero-order chi connectivity index (χ0) is 16.1. The number of thioether (sulfide) groups is 1. The van der Waals surface area contributed by atoms with Gasteiger partial charge in [-0.1, -0.05) is 11.8 Å². The second-order valence-corrected chi connectivity index (χ2v) is 7.24. The molecule has 3 rings (SSSR count). The molecule has 2 saturated heterocycles. The molecule has 0 unspecified atom stereocenters. The van der Waals surface area contributed by atoms with Crippen LogP contribution in [-0.2, 0) is 26.9 Å². The molecule has 0 spiro atoms. The maximum Gasteiger partial charge on any atom is 1.00 e. The zero-order valence-corrected chi connectivity index (χ0v) is 16.1. The summed E-state index contributed by atoms with van der Waals surface area (Å²) in [5.74, 6) is -0.958. The molecular weight excluding hydrogens is 357 g/mol. The van der Waals surface area contributed by atoms with Crippen LogP contribution >= 0.6 is 11.8 Å². The van der Waals surface area contributed by atoms with Crippen LogP contribution < -0.4 is 29.6 Å². The van der Waals surface area contributed by atoms with E-state index in [1.807, 2.05) is 0 Å². The molecule has 13 heteroatoms. The van der Waals surface area contributed by atoms with Gasteiger partial charge in [-0.3, -0.25) is 14.1 Å². The number of aromatic nitrogens is 3. The van der Waals surface area contributed by atoms with Gasteiger partial charge in [-0.15, -0.1) is 10.2 Å². The van der Waals surface area contributed by atoms with Crippen molar-refractivity contribution in [1.29, 1.82) is 0 Å². The molecule has 2 fully saturated rings. The van der Waals surface area contributed by atoms with E-state index in [0.717, 1.165) is 0 Å². The summed E-state index contributed by atoms with van der Waals surface area (Å²) in [6, 6.07) is -1.46. The van der Waals surface area contributed by atoms with Gasteiger partial charge in [-0.25, -0.2) is 4.31 Å². The van der Waals surface area contributed by atoms with Crippen molar-refractivity contribution in [3.8, 4) is 0 Å². The van der Waals surface area contributed by atoms with Crippen LogP contribution in [0.25, 0.3) is 0 Å². The van der Waals surface area contributed by atoms with Gasteiger partial charge in [0.05, 0.1) is 11.8 Å². The summed E-state index contributed by atoms with van der Waals surface area (Å²) in [5.41, 5.74) is 0. The van der Waals surface area contributed by atoms with Crippen molar-refractivity contribution in [2.75, 3.05) is 12.3 Å². The summed E-state index contributed by atoms with van der Waals surface area (Å²) >= 11 is 1.19. The molecule has 3 heterocycles. The average molecular weight is 371 g/mol. The summed E-state index contributed by atoms with van der Waals surface area (Å²) in [5, 5.41) is 8.11. The molecule has 2 atom stereocenters. The fourth-order valence-corrected chi connectivity index (χ4v) is 4.38. The van der Waals surface area contributed by atoms with Crippen molar-refractivity contribution in [2.45, 2.75) is 23.7 Å². The fraction of sp³-hybridized carbons (Fsp3) is 0.600. The van der Waals surface area contributed by atoms with E-state index in [-0.39, 0.29) is 49.2 Å². The number of carbonyl (C=O) groups excluding carboxylic acids is 2. The van der Waals surface area contributed by atoms with Gasteiger partial charge in [-0.2, -0.15) is 8.42 Å². The second kappa shape index (κ2) is 6.69. The minimum Gasteiger partial charge on any atom is -1.00 e. The largest absolute Gasteiger partial charge is 1.00 e. The summed E-state index contributed by atoms with van der Waals surface area (Å²) in [6.07, 6.45) is 1.84. The van der Waals surface area contributed by atoms with E-state index in [9.17, 15) is 18.0 Å². The maximum absolute atomic E-state index is 12.2. The quantitative estimate of drug-likeness (QED) is 0.244. The van der Waals surface area contributed by atoms with Crippen LogP contribution in [0.4, 0.5) is 0 Å². The zero-order valence-electron chi connectivity index (χ0n) is 13.5. The third kappa shape index (κ3) is 3.28. The molecule has 0 bridgehead atoms. The van der Waals surface area contributed by atoms with Crippen molar-refractivity contribution in [3.63, 3.8) is 0 Å². The minimum atomic E-state index is -4.55. The van der Waals surface area contributed by atoms with Gasteiger partial charge < -0.3 is 10.9 Å². The van der Waals surface area contributed by atoms with E-state index in [4.69, 9.17) is 4.55 Å². The summed E-state index contributed by atoms with van der Waals surface area (Å²) in [6.45, 7) is 0.283. The number of hydrogen-bond acceptors (Lipinski definition) is 7. The number of likely N-dealkylation sites (tertiary alicyclic amines) is 1. The Morgan fingerprint density at radius 3 is 2.83 bits per heavy atom. The van der Waals surface area contributed by atoms with Gasteiger partial charge >= 0.3 is 39.9 Å². The molecule has 23 heavy (non-hydrogen) atoms. The molecule has 10 nitrogen and oxygen atoms in total. The van der Waals surface area contributed by atoms with Gasteiger partial charge in [0, 0.05) is 13.6 Å². The van der Waals surface area contributed by atoms with Gasteiger partial charge in [0.25, 0.3) is 5.91 Å². The summed E-state index contributed by atoms with van der Waals surface area (Å²) in [4.78, 5) is 25.4. The topological polar surface area (TPSA) is 126 Å². The molecule has 2 amide bonds. The van der Waals surface area contributed by atoms with Crippen molar-refractivity contribution >= 4 is 33.9 Å². The van der Waals surface area contributed by atoms with E-state index < -0.39 is 28.3 Å². The van der Waals surface area contributed by atoms with Crippen LogP contribution in [0.3, 0.4) is 0 Å². The predicted molar refractivity (Wildman–Crippen MR) is 75.1 cm³/mol. The van der Waals surface area contributed by atoms with Crippen LogP contribution in [0.5, 0.6) is 0 Å². The number of nitrogens with zero attached hydrogens (tertiary/aromatic N) is 5. The number of rotatable bonds is 4. The van der Waals surface area contributed by atoms with E-state index in [0.29, 0.717) is 15.9 Å². The fourth-order valence-electron chi connectivity index (χ4n) is 2.71. The monoisotopic (exact) mass is 371 g/mol. The molecule has 0 saturated carbocycles. The first-order valence-electron chi connectivity index (χ1n) is 6.37. The molecule has 0 aliphatic carbocycles. The van der Waals surface area contributed by atoms with E-state index in [1.54, 1.807) is 11.6 Å². The number of carbonyl (C=O) groups is 2. The first-order valence-corrected chi connectivity index (χ1v) is 8.76. The second-order valence-electron chi connectivity index (χ2n) is 5.01. The minimum absolute atomic E-state index is 0. The Morgan fingerprint density at radius 1 is 1.57 bits per heavy atom. The van der Waals surface area contributed by atoms with Gasteiger partial charge in [-0.05, 0) is 6.42 Å². The Morgan fingerprint density at radius 2 is 2.26 bits per heavy atom. The van der Waals surface area contributed by atoms with Crippen LogP contribution in [0.1, 0.15) is 7.85 Å². The molecular formula is C10H14N5NaO5S2.